The first kappa shape index (κ1) is 16.4. The van der Waals surface area contributed by atoms with Crippen LogP contribution >= 0.6 is 35.3 Å². The zero-order valence-electron chi connectivity index (χ0n) is 11.2. The summed E-state index contributed by atoms with van der Waals surface area (Å²) in [6, 6.07) is 5.81. The number of ketones is 1. The maximum Gasteiger partial charge on any atom is 0.174 e. The van der Waals surface area contributed by atoms with E-state index >= 15 is 0 Å². The van der Waals surface area contributed by atoms with Gasteiger partial charge in [-0.3, -0.25) is 4.79 Å². The van der Waals surface area contributed by atoms with Crippen LogP contribution in [0.25, 0.3) is 10.1 Å². The van der Waals surface area contributed by atoms with Crippen LogP contribution < -0.4 is 0 Å². The molecule has 0 amide bonds. The van der Waals surface area contributed by atoms with E-state index in [1.54, 1.807) is 11.3 Å². The van der Waals surface area contributed by atoms with E-state index < -0.39 is 0 Å². The summed E-state index contributed by atoms with van der Waals surface area (Å²) in [5.74, 6) is 0.207. The molecule has 2 rings (SSSR count). The molecule has 2 nitrogen and oxygen atoms in total. The molecule has 0 spiro atoms. The molecule has 1 heterocycles. The van der Waals surface area contributed by atoms with Gasteiger partial charge in [0.25, 0.3) is 0 Å². The summed E-state index contributed by atoms with van der Waals surface area (Å²) in [6.45, 7) is 2.76. The van der Waals surface area contributed by atoms with E-state index in [4.69, 9.17) is 11.6 Å². The fraction of sp³-hybridized carbons (Fsp3) is 0.357. The third-order valence-corrected chi connectivity index (χ3v) is 4.56. The molecular weight excluding hydrogens is 301 g/mol. The molecule has 0 saturated carbocycles. The Labute approximate surface area is 128 Å². The van der Waals surface area contributed by atoms with Crippen molar-refractivity contribution in [2.45, 2.75) is 13.3 Å². The van der Waals surface area contributed by atoms with Crippen molar-refractivity contribution in [3.63, 3.8) is 0 Å². The van der Waals surface area contributed by atoms with E-state index in [-0.39, 0.29) is 18.2 Å². The van der Waals surface area contributed by atoms with Crippen LogP contribution in [0.5, 0.6) is 0 Å². The maximum absolute atomic E-state index is 12.2. The van der Waals surface area contributed by atoms with Gasteiger partial charge in [-0.15, -0.1) is 23.7 Å². The summed E-state index contributed by atoms with van der Waals surface area (Å²) in [5.41, 5.74) is 1.02. The molecule has 0 saturated heterocycles. The van der Waals surface area contributed by atoms with Gasteiger partial charge in [0.2, 0.25) is 0 Å². The van der Waals surface area contributed by atoms with Gasteiger partial charge in [0.05, 0.1) is 4.88 Å². The largest absolute Gasteiger partial charge is 0.309 e. The van der Waals surface area contributed by atoms with Crippen molar-refractivity contribution in [3.05, 3.63) is 33.7 Å². The first-order valence-corrected chi connectivity index (χ1v) is 7.05. The second-order valence-electron chi connectivity index (χ2n) is 4.65. The number of halogens is 2. The van der Waals surface area contributed by atoms with Crippen molar-refractivity contribution in [1.29, 1.82) is 0 Å². The molecule has 0 atom stereocenters. The van der Waals surface area contributed by atoms with Gasteiger partial charge in [0.15, 0.2) is 5.78 Å². The van der Waals surface area contributed by atoms with Gasteiger partial charge in [-0.05, 0) is 38.7 Å². The highest BCUT2D eigenvalue weighted by Crippen LogP contribution is 2.35. The SMILES string of the molecule is Cc1c(C(=O)CCN(C)C)sc2cccc(Cl)c12.Cl. The normalized spacial score (nSPS) is 10.8. The Balaban J connectivity index is 0.00000180. The second-order valence-corrected chi connectivity index (χ2v) is 6.11. The molecule has 1 aromatic carbocycles. The molecule has 0 bridgehead atoms. The lowest BCUT2D eigenvalue weighted by atomic mass is 10.1. The predicted molar refractivity (Wildman–Crippen MR) is 86.3 cm³/mol. The number of rotatable bonds is 4. The first-order chi connectivity index (χ1) is 8.50. The van der Waals surface area contributed by atoms with E-state index in [0.29, 0.717) is 6.42 Å². The van der Waals surface area contributed by atoms with Crippen molar-refractivity contribution in [2.24, 2.45) is 0 Å². The Morgan fingerprint density at radius 3 is 2.63 bits per heavy atom. The number of fused-ring (bicyclic) bond motifs is 1. The van der Waals surface area contributed by atoms with Crippen LogP contribution in [0, 0.1) is 6.92 Å². The molecule has 5 heteroatoms. The van der Waals surface area contributed by atoms with Crippen molar-refractivity contribution < 1.29 is 4.79 Å². The van der Waals surface area contributed by atoms with Crippen molar-refractivity contribution >= 4 is 51.2 Å². The van der Waals surface area contributed by atoms with Gasteiger partial charge >= 0.3 is 0 Å². The van der Waals surface area contributed by atoms with Gasteiger partial charge in [0, 0.05) is 28.1 Å². The molecule has 0 fully saturated rings. The third kappa shape index (κ3) is 3.48. The van der Waals surface area contributed by atoms with Gasteiger partial charge < -0.3 is 4.90 Å². The Morgan fingerprint density at radius 1 is 1.37 bits per heavy atom. The van der Waals surface area contributed by atoms with Gasteiger partial charge in [-0.25, -0.2) is 0 Å². The molecule has 0 unspecified atom stereocenters. The predicted octanol–water partition coefficient (Wildman–Crippen LogP) is 4.42. The van der Waals surface area contributed by atoms with Crippen LogP contribution in [-0.2, 0) is 0 Å². The molecule has 0 radical (unpaired) electrons. The Hall–Kier alpha value is -0.610. The van der Waals surface area contributed by atoms with E-state index in [2.05, 4.69) is 0 Å². The van der Waals surface area contributed by atoms with Crippen molar-refractivity contribution in [3.8, 4) is 0 Å². The number of hydrogen-bond acceptors (Lipinski definition) is 3. The number of nitrogens with zero attached hydrogens (tertiary/aromatic N) is 1. The number of benzene rings is 1. The van der Waals surface area contributed by atoms with Gasteiger partial charge in [-0.2, -0.15) is 0 Å². The fourth-order valence-electron chi connectivity index (χ4n) is 1.96. The monoisotopic (exact) mass is 317 g/mol. The molecule has 0 aliphatic carbocycles. The minimum absolute atomic E-state index is 0. The standard InChI is InChI=1S/C14H16ClNOS.ClH/c1-9-13-10(15)5-4-6-12(13)18-14(9)11(17)7-8-16(2)3;/h4-6H,7-8H2,1-3H3;1H. The van der Waals surface area contributed by atoms with Crippen LogP contribution in [0.15, 0.2) is 18.2 Å². The maximum atomic E-state index is 12.2. The summed E-state index contributed by atoms with van der Waals surface area (Å²) in [4.78, 5) is 15.1. The molecule has 0 aliphatic rings. The number of aryl methyl sites for hydroxylation is 1. The van der Waals surface area contributed by atoms with E-state index in [9.17, 15) is 4.79 Å². The zero-order valence-corrected chi connectivity index (χ0v) is 13.6. The van der Waals surface area contributed by atoms with Crippen LogP contribution in [0.2, 0.25) is 5.02 Å². The molecule has 104 valence electrons. The average molecular weight is 318 g/mol. The smallest absolute Gasteiger partial charge is 0.174 e. The lowest BCUT2D eigenvalue weighted by Gasteiger charge is -2.07. The molecule has 0 aliphatic heterocycles. The zero-order chi connectivity index (χ0) is 13.3. The van der Waals surface area contributed by atoms with Crippen LogP contribution in [0.3, 0.4) is 0 Å². The lowest BCUT2D eigenvalue weighted by molar-refractivity contribution is 0.0976. The summed E-state index contributed by atoms with van der Waals surface area (Å²) in [7, 11) is 3.95. The highest BCUT2D eigenvalue weighted by Gasteiger charge is 2.16. The Morgan fingerprint density at radius 2 is 2.05 bits per heavy atom. The molecule has 19 heavy (non-hydrogen) atoms. The third-order valence-electron chi connectivity index (χ3n) is 2.94. The molecule has 2 aromatic rings. The average Bonchev–Trinajstić information content (AvgIpc) is 2.65. The summed E-state index contributed by atoms with van der Waals surface area (Å²) in [6.07, 6.45) is 0.554. The molecule has 1 aromatic heterocycles. The lowest BCUT2D eigenvalue weighted by Crippen LogP contribution is -2.16. The summed E-state index contributed by atoms with van der Waals surface area (Å²) in [5, 5.41) is 1.75. The van der Waals surface area contributed by atoms with Crippen LogP contribution in [0.1, 0.15) is 21.7 Å². The van der Waals surface area contributed by atoms with Crippen molar-refractivity contribution in [2.75, 3.05) is 20.6 Å². The number of carbonyl (C=O) groups excluding carboxylic acids is 1. The second kappa shape index (κ2) is 6.71. The summed E-state index contributed by atoms with van der Waals surface area (Å²) < 4.78 is 1.09. The number of thiophene rings is 1. The minimum atomic E-state index is 0. The fourth-order valence-corrected chi connectivity index (χ4v) is 3.53. The highest BCUT2D eigenvalue weighted by atomic mass is 35.5. The Bertz CT molecular complexity index is 592. The van der Waals surface area contributed by atoms with Crippen molar-refractivity contribution in [1.82, 2.24) is 4.90 Å². The molecule has 0 N–H and O–H groups in total. The summed E-state index contributed by atoms with van der Waals surface area (Å²) >= 11 is 7.74. The Kier molecular flexibility index (Phi) is 5.81. The van der Waals surface area contributed by atoms with Gasteiger partial charge in [-0.1, -0.05) is 17.7 Å². The minimum Gasteiger partial charge on any atom is -0.309 e. The topological polar surface area (TPSA) is 20.3 Å². The van der Waals surface area contributed by atoms with Crippen LogP contribution in [-0.4, -0.2) is 31.3 Å². The van der Waals surface area contributed by atoms with Crippen LogP contribution in [0.4, 0.5) is 0 Å². The quantitative estimate of drug-likeness (QED) is 0.778. The van der Waals surface area contributed by atoms with E-state index in [1.807, 2.05) is 44.1 Å². The van der Waals surface area contributed by atoms with Gasteiger partial charge in [0.1, 0.15) is 0 Å². The van der Waals surface area contributed by atoms with E-state index in [0.717, 1.165) is 32.1 Å². The number of carbonyl (C=O) groups is 1. The number of hydrogen-bond donors (Lipinski definition) is 0. The highest BCUT2D eigenvalue weighted by molar-refractivity contribution is 7.21. The first-order valence-electron chi connectivity index (χ1n) is 5.86. The molecular formula is C14H17Cl2NOS. The van der Waals surface area contributed by atoms with E-state index in [1.165, 1.54) is 0 Å². The number of Topliss-reactive ketones (excluding diaryl/α,β-unsaturated/α-hetero) is 1.